The second kappa shape index (κ2) is 7.14. The number of rotatable bonds is 6. The molecular formula is C8H16Cl3N2P. The fourth-order valence-corrected chi connectivity index (χ4v) is 4.69. The van der Waals surface area contributed by atoms with E-state index in [9.17, 15) is 0 Å². The third-order valence-corrected chi connectivity index (χ3v) is 7.98. The molecule has 0 spiro atoms. The van der Waals surface area contributed by atoms with Crippen LogP contribution in [0, 0.1) is 0 Å². The Bertz CT molecular complexity index is 227. The van der Waals surface area contributed by atoms with E-state index in [-0.39, 0.29) is 0 Å². The molecule has 14 heavy (non-hydrogen) atoms. The fourth-order valence-electron chi connectivity index (χ4n) is 1.07. The highest BCUT2D eigenvalue weighted by Crippen LogP contribution is 2.64. The Labute approximate surface area is 101 Å². The van der Waals surface area contributed by atoms with E-state index >= 15 is 0 Å². The van der Waals surface area contributed by atoms with Gasteiger partial charge in [-0.3, -0.25) is 9.42 Å². The molecule has 0 heterocycles. The van der Waals surface area contributed by atoms with Gasteiger partial charge in [0, 0.05) is 13.1 Å². The number of nitrogens with zero attached hydrogens (tertiary/aromatic N) is 2. The van der Waals surface area contributed by atoms with E-state index in [0.717, 1.165) is 13.1 Å². The van der Waals surface area contributed by atoms with Crippen LogP contribution < -0.4 is 0 Å². The summed E-state index contributed by atoms with van der Waals surface area (Å²) in [7, 11) is 0. The van der Waals surface area contributed by atoms with E-state index in [2.05, 4.69) is 11.3 Å². The van der Waals surface area contributed by atoms with Crippen LogP contribution in [0.15, 0.2) is 17.4 Å². The Hall–Kier alpha value is 0.800. The lowest BCUT2D eigenvalue weighted by atomic mass is 10.7. The summed E-state index contributed by atoms with van der Waals surface area (Å²) >= 11 is 18.2. The molecule has 0 aliphatic carbocycles. The summed E-state index contributed by atoms with van der Waals surface area (Å²) < 4.78 is 5.70. The Balaban J connectivity index is 4.95. The van der Waals surface area contributed by atoms with Crippen LogP contribution in [0.1, 0.15) is 13.8 Å². The van der Waals surface area contributed by atoms with Crippen molar-refractivity contribution in [1.82, 2.24) is 4.67 Å². The molecule has 0 aromatic rings. The molecule has 0 aliphatic rings. The van der Waals surface area contributed by atoms with E-state index in [4.69, 9.17) is 34.4 Å². The van der Waals surface area contributed by atoms with Gasteiger partial charge in [0.05, 0.1) is 6.54 Å². The summed E-state index contributed by atoms with van der Waals surface area (Å²) in [6.07, 6.45) is 1.69. The predicted octanol–water partition coefficient (Wildman–Crippen LogP) is 4.55. The highest BCUT2D eigenvalue weighted by molar-refractivity contribution is 7.92. The van der Waals surface area contributed by atoms with Crippen LogP contribution in [-0.4, -0.2) is 28.9 Å². The van der Waals surface area contributed by atoms with E-state index in [1.807, 2.05) is 18.5 Å². The summed E-state index contributed by atoms with van der Waals surface area (Å²) in [5.41, 5.74) is 0. The number of hydrogen-bond donors (Lipinski definition) is 0. The van der Waals surface area contributed by atoms with Gasteiger partial charge in [0.25, 0.3) is 0 Å². The average molecular weight is 278 g/mol. The van der Waals surface area contributed by atoms with Crippen molar-refractivity contribution in [3.05, 3.63) is 12.7 Å². The molecule has 0 radical (unpaired) electrons. The van der Waals surface area contributed by atoms with Gasteiger partial charge in [0.1, 0.15) is 6.56 Å². The van der Waals surface area contributed by atoms with Crippen molar-refractivity contribution in [3.63, 3.8) is 0 Å². The van der Waals surface area contributed by atoms with Crippen LogP contribution in [0.25, 0.3) is 0 Å². The SMILES string of the molecule is C=CCN=P(Cl)(C(Cl)Cl)N(CC)CC. The van der Waals surface area contributed by atoms with Gasteiger partial charge in [-0.05, 0) is 0 Å². The zero-order chi connectivity index (χ0) is 11.2. The molecular weight excluding hydrogens is 261 g/mol. The first-order valence-electron chi connectivity index (χ1n) is 4.44. The van der Waals surface area contributed by atoms with Crippen molar-refractivity contribution >= 4 is 41.0 Å². The lowest BCUT2D eigenvalue weighted by Gasteiger charge is -2.30. The topological polar surface area (TPSA) is 15.6 Å². The first-order valence-corrected chi connectivity index (χ1v) is 7.98. The third kappa shape index (κ3) is 3.75. The smallest absolute Gasteiger partial charge is 0.167 e. The molecule has 0 bridgehead atoms. The lowest BCUT2D eigenvalue weighted by molar-refractivity contribution is 0.507. The van der Waals surface area contributed by atoms with Gasteiger partial charge in [0.2, 0.25) is 0 Å². The summed E-state index contributed by atoms with van der Waals surface area (Å²) in [6.45, 7) is 7.43. The van der Waals surface area contributed by atoms with Crippen molar-refractivity contribution in [1.29, 1.82) is 0 Å². The number of halogens is 3. The van der Waals surface area contributed by atoms with Crippen molar-refractivity contribution in [2.45, 2.75) is 18.4 Å². The predicted molar refractivity (Wildman–Crippen MR) is 68.7 cm³/mol. The molecule has 0 fully saturated rings. The summed E-state index contributed by atoms with van der Waals surface area (Å²) in [5, 5.41) is 0. The van der Waals surface area contributed by atoms with Crippen LogP contribution in [0.3, 0.4) is 0 Å². The van der Waals surface area contributed by atoms with E-state index in [0.29, 0.717) is 6.54 Å². The normalized spacial score (nSPS) is 15.6. The lowest BCUT2D eigenvalue weighted by Crippen LogP contribution is -2.20. The van der Waals surface area contributed by atoms with Crippen molar-refractivity contribution in [2.75, 3.05) is 19.6 Å². The van der Waals surface area contributed by atoms with Crippen molar-refractivity contribution in [3.8, 4) is 0 Å². The van der Waals surface area contributed by atoms with Crippen LogP contribution in [0.5, 0.6) is 0 Å². The maximum Gasteiger partial charge on any atom is 0.167 e. The summed E-state index contributed by atoms with van der Waals surface area (Å²) in [6, 6.07) is 0. The molecule has 0 aromatic carbocycles. The Morgan fingerprint density at radius 1 is 1.43 bits per heavy atom. The second-order valence-electron chi connectivity index (χ2n) is 2.60. The van der Waals surface area contributed by atoms with E-state index in [1.165, 1.54) is 0 Å². The molecule has 2 nitrogen and oxygen atoms in total. The van der Waals surface area contributed by atoms with Crippen LogP contribution >= 0.6 is 41.0 Å². The molecule has 0 rings (SSSR count). The van der Waals surface area contributed by atoms with Gasteiger partial charge >= 0.3 is 0 Å². The quantitative estimate of drug-likeness (QED) is 0.395. The second-order valence-corrected chi connectivity index (χ2v) is 8.30. The molecule has 1 unspecified atom stereocenters. The van der Waals surface area contributed by atoms with Gasteiger partial charge in [-0.1, -0.05) is 54.4 Å². The van der Waals surface area contributed by atoms with Crippen LogP contribution in [-0.2, 0) is 0 Å². The maximum atomic E-state index is 6.38. The van der Waals surface area contributed by atoms with Gasteiger partial charge in [-0.15, -0.1) is 6.58 Å². The Morgan fingerprint density at radius 3 is 2.21 bits per heavy atom. The minimum Gasteiger partial charge on any atom is -0.267 e. The molecule has 1 atom stereocenters. The largest absolute Gasteiger partial charge is 0.267 e. The minimum atomic E-state index is -2.28. The molecule has 0 saturated heterocycles. The van der Waals surface area contributed by atoms with E-state index < -0.39 is 11.1 Å². The summed E-state index contributed by atoms with van der Waals surface area (Å²) in [4.78, 5) is 0. The first-order chi connectivity index (χ1) is 6.52. The highest BCUT2D eigenvalue weighted by Gasteiger charge is 2.29. The molecule has 0 amide bonds. The van der Waals surface area contributed by atoms with Gasteiger partial charge in [-0.2, -0.15) is 0 Å². The Morgan fingerprint density at radius 2 is 1.93 bits per heavy atom. The molecule has 0 aromatic heterocycles. The zero-order valence-corrected chi connectivity index (χ0v) is 11.6. The molecule has 84 valence electrons. The molecule has 0 aliphatic heterocycles. The van der Waals surface area contributed by atoms with Gasteiger partial charge in [0.15, 0.2) is 4.58 Å². The summed E-state index contributed by atoms with van der Waals surface area (Å²) in [5.74, 6) is 0. The minimum absolute atomic E-state index is 0.490. The number of hydrogen-bond acceptors (Lipinski definition) is 1. The van der Waals surface area contributed by atoms with Gasteiger partial charge < -0.3 is 0 Å². The van der Waals surface area contributed by atoms with E-state index in [1.54, 1.807) is 6.08 Å². The first kappa shape index (κ1) is 14.8. The van der Waals surface area contributed by atoms with Crippen LogP contribution in [0.4, 0.5) is 0 Å². The average Bonchev–Trinajstić information content (AvgIpc) is 2.16. The van der Waals surface area contributed by atoms with Crippen LogP contribution in [0.2, 0.25) is 0 Å². The fraction of sp³-hybridized carbons (Fsp3) is 0.750. The molecule has 6 heteroatoms. The van der Waals surface area contributed by atoms with Crippen molar-refractivity contribution in [2.24, 2.45) is 4.74 Å². The van der Waals surface area contributed by atoms with Gasteiger partial charge in [-0.25, -0.2) is 0 Å². The van der Waals surface area contributed by atoms with Crippen molar-refractivity contribution < 1.29 is 0 Å². The standard InChI is InChI=1S/C8H16Cl3N2P/c1-4-7-12-14(11,8(9)10)13(5-2)6-3/h4,8H,1,5-7H2,2-3H3. The third-order valence-electron chi connectivity index (χ3n) is 1.78. The molecule has 0 N–H and O–H groups in total. The highest BCUT2D eigenvalue weighted by atomic mass is 35.7. The Kier molecular flexibility index (Phi) is 7.54. The number of alkyl halides is 2. The maximum absolute atomic E-state index is 6.38. The monoisotopic (exact) mass is 276 g/mol. The molecule has 0 saturated carbocycles. The zero-order valence-electron chi connectivity index (χ0n) is 8.46.